The lowest BCUT2D eigenvalue weighted by Crippen LogP contribution is -2.44. The molecule has 0 bridgehead atoms. The van der Waals surface area contributed by atoms with Crippen molar-refractivity contribution >= 4 is 16.9 Å². The SMILES string of the molecule is COc1ccc(C2C(C#N)=C(NC(=O)CN3CCOCC3)Oc3c2c(=O)oc2ccccc32)cc1. The van der Waals surface area contributed by atoms with Gasteiger partial charge in [-0.25, -0.2) is 4.79 Å². The van der Waals surface area contributed by atoms with Gasteiger partial charge in [0.1, 0.15) is 23.0 Å². The van der Waals surface area contributed by atoms with E-state index < -0.39 is 11.5 Å². The van der Waals surface area contributed by atoms with E-state index in [1.807, 2.05) is 4.90 Å². The Kier molecular flexibility index (Phi) is 6.23. The van der Waals surface area contributed by atoms with Crippen molar-refractivity contribution in [3.8, 4) is 17.6 Å². The molecule has 2 aliphatic heterocycles. The van der Waals surface area contributed by atoms with Crippen molar-refractivity contribution in [2.45, 2.75) is 5.92 Å². The van der Waals surface area contributed by atoms with Gasteiger partial charge in [-0.05, 0) is 29.8 Å². The molecular formula is C26H23N3O6. The highest BCUT2D eigenvalue weighted by Gasteiger charge is 2.37. The van der Waals surface area contributed by atoms with Crippen molar-refractivity contribution in [3.63, 3.8) is 0 Å². The van der Waals surface area contributed by atoms with Crippen LogP contribution in [0.1, 0.15) is 17.0 Å². The number of carbonyl (C=O) groups is 1. The summed E-state index contributed by atoms with van der Waals surface area (Å²) in [5.41, 5.74) is 0.724. The van der Waals surface area contributed by atoms with Crippen molar-refractivity contribution in [2.24, 2.45) is 0 Å². The Morgan fingerprint density at radius 3 is 2.63 bits per heavy atom. The minimum absolute atomic E-state index is 0.00910. The highest BCUT2D eigenvalue weighted by molar-refractivity contribution is 5.86. The highest BCUT2D eigenvalue weighted by atomic mass is 16.5. The molecule has 1 saturated heterocycles. The van der Waals surface area contributed by atoms with Crippen molar-refractivity contribution in [3.05, 3.63) is 81.5 Å². The van der Waals surface area contributed by atoms with Crippen LogP contribution in [-0.4, -0.2) is 50.8 Å². The number of methoxy groups -OCH3 is 1. The number of benzene rings is 2. The number of nitrogens with one attached hydrogen (secondary N) is 1. The van der Waals surface area contributed by atoms with Gasteiger partial charge in [-0.3, -0.25) is 15.0 Å². The zero-order valence-corrected chi connectivity index (χ0v) is 19.1. The normalized spacial score (nSPS) is 17.9. The molecule has 2 aliphatic rings. The van der Waals surface area contributed by atoms with Gasteiger partial charge in [-0.2, -0.15) is 5.26 Å². The quantitative estimate of drug-likeness (QED) is 0.563. The second-order valence-corrected chi connectivity index (χ2v) is 8.23. The second kappa shape index (κ2) is 9.62. The fraction of sp³-hybridized carbons (Fsp3) is 0.269. The fourth-order valence-corrected chi connectivity index (χ4v) is 4.39. The first-order valence-corrected chi connectivity index (χ1v) is 11.2. The summed E-state index contributed by atoms with van der Waals surface area (Å²) in [6, 6.07) is 16.2. The monoisotopic (exact) mass is 473 g/mol. The molecule has 178 valence electrons. The van der Waals surface area contributed by atoms with Crippen LogP contribution in [0.3, 0.4) is 0 Å². The maximum absolute atomic E-state index is 13.1. The summed E-state index contributed by atoms with van der Waals surface area (Å²) in [7, 11) is 1.56. The molecule has 5 rings (SSSR count). The number of nitriles is 1. The minimum Gasteiger partial charge on any atom is -0.497 e. The first-order chi connectivity index (χ1) is 17.1. The Hall–Kier alpha value is -4.13. The number of nitrogens with zero attached hydrogens (tertiary/aromatic N) is 2. The summed E-state index contributed by atoms with van der Waals surface area (Å²) in [6.07, 6.45) is 0. The van der Waals surface area contributed by atoms with Gasteiger partial charge in [0.2, 0.25) is 11.8 Å². The molecule has 0 aliphatic carbocycles. The minimum atomic E-state index is -0.797. The lowest BCUT2D eigenvalue weighted by Gasteiger charge is -2.29. The van der Waals surface area contributed by atoms with E-state index in [-0.39, 0.29) is 35.2 Å². The summed E-state index contributed by atoms with van der Waals surface area (Å²) in [5, 5.41) is 13.5. The highest BCUT2D eigenvalue weighted by Crippen LogP contribution is 2.44. The Labute approximate surface area is 201 Å². The smallest absolute Gasteiger partial charge is 0.344 e. The number of carbonyl (C=O) groups excluding carboxylic acids is 1. The molecule has 0 radical (unpaired) electrons. The van der Waals surface area contributed by atoms with Crippen molar-refractivity contribution in [1.82, 2.24) is 10.2 Å². The summed E-state index contributed by atoms with van der Waals surface area (Å²) in [6.45, 7) is 2.53. The number of hydrogen-bond acceptors (Lipinski definition) is 8. The Morgan fingerprint density at radius 2 is 1.91 bits per heavy atom. The number of morpholine rings is 1. The molecule has 0 spiro atoms. The second-order valence-electron chi connectivity index (χ2n) is 8.23. The number of rotatable bonds is 5. The van der Waals surface area contributed by atoms with Crippen LogP contribution in [0.4, 0.5) is 0 Å². The molecule has 2 aromatic carbocycles. The van der Waals surface area contributed by atoms with Gasteiger partial charge in [0.25, 0.3) is 0 Å². The van der Waals surface area contributed by atoms with E-state index in [4.69, 9.17) is 18.6 Å². The predicted octanol–water partition coefficient (Wildman–Crippen LogP) is 2.51. The Bertz CT molecular complexity index is 1400. The zero-order valence-electron chi connectivity index (χ0n) is 19.1. The first-order valence-electron chi connectivity index (χ1n) is 11.2. The van der Waals surface area contributed by atoms with Gasteiger partial charge in [-0.15, -0.1) is 0 Å². The number of hydrogen-bond donors (Lipinski definition) is 1. The number of ether oxygens (including phenoxy) is 3. The number of amides is 1. The molecule has 1 amide bonds. The number of para-hydroxylation sites is 1. The number of allylic oxidation sites excluding steroid dienone is 1. The van der Waals surface area contributed by atoms with Gasteiger partial charge < -0.3 is 18.6 Å². The van der Waals surface area contributed by atoms with Gasteiger partial charge in [0, 0.05) is 13.1 Å². The molecule has 35 heavy (non-hydrogen) atoms. The topological polar surface area (TPSA) is 114 Å². The average molecular weight is 473 g/mol. The third-order valence-corrected chi connectivity index (χ3v) is 6.12. The molecule has 9 heteroatoms. The predicted molar refractivity (Wildman–Crippen MR) is 126 cm³/mol. The maximum atomic E-state index is 13.1. The molecule has 3 heterocycles. The van der Waals surface area contributed by atoms with Crippen LogP contribution in [-0.2, 0) is 9.53 Å². The lowest BCUT2D eigenvalue weighted by atomic mass is 9.83. The Balaban J connectivity index is 1.61. The molecule has 3 aromatic rings. The summed E-state index contributed by atoms with van der Waals surface area (Å²) < 4.78 is 22.2. The molecule has 9 nitrogen and oxygen atoms in total. The van der Waals surface area contributed by atoms with Crippen LogP contribution in [0, 0.1) is 11.3 Å². The Morgan fingerprint density at radius 1 is 1.17 bits per heavy atom. The third-order valence-electron chi connectivity index (χ3n) is 6.12. The first kappa shape index (κ1) is 22.7. The fourth-order valence-electron chi connectivity index (χ4n) is 4.39. The van der Waals surface area contributed by atoms with E-state index in [1.54, 1.807) is 55.6 Å². The largest absolute Gasteiger partial charge is 0.497 e. The molecule has 1 unspecified atom stereocenters. The van der Waals surface area contributed by atoms with Gasteiger partial charge in [-0.1, -0.05) is 24.3 Å². The van der Waals surface area contributed by atoms with Crippen LogP contribution in [0.25, 0.3) is 11.0 Å². The van der Waals surface area contributed by atoms with Crippen LogP contribution in [0.2, 0.25) is 0 Å². The zero-order chi connectivity index (χ0) is 24.4. The van der Waals surface area contributed by atoms with E-state index >= 15 is 0 Å². The molecule has 1 aromatic heterocycles. The maximum Gasteiger partial charge on any atom is 0.344 e. The van der Waals surface area contributed by atoms with Gasteiger partial charge in [0.05, 0.1) is 43.7 Å². The van der Waals surface area contributed by atoms with Crippen molar-refractivity contribution < 1.29 is 23.4 Å². The standard InChI is InChI=1S/C26H23N3O6/c1-32-17-8-6-16(7-9-17)22-19(14-27)25(28-21(30)15-29-10-12-33-13-11-29)35-24-18-4-2-3-5-20(18)34-26(31)23(22)24/h2-9,22H,10-13,15H2,1H3,(H,28,30). The molecular weight excluding hydrogens is 450 g/mol. The van der Waals surface area contributed by atoms with E-state index in [1.165, 1.54) is 0 Å². The molecule has 1 fully saturated rings. The molecule has 1 atom stereocenters. The van der Waals surface area contributed by atoms with E-state index in [2.05, 4.69) is 11.4 Å². The van der Waals surface area contributed by atoms with E-state index in [0.717, 1.165) is 0 Å². The molecule has 1 N–H and O–H groups in total. The van der Waals surface area contributed by atoms with Crippen molar-refractivity contribution in [2.75, 3.05) is 40.0 Å². The van der Waals surface area contributed by atoms with Crippen LogP contribution in [0.5, 0.6) is 11.5 Å². The van der Waals surface area contributed by atoms with Crippen molar-refractivity contribution in [1.29, 1.82) is 5.26 Å². The third kappa shape index (κ3) is 4.37. The lowest BCUT2D eigenvalue weighted by molar-refractivity contribution is -0.123. The van der Waals surface area contributed by atoms with Gasteiger partial charge in [0.15, 0.2) is 5.75 Å². The molecule has 0 saturated carbocycles. The van der Waals surface area contributed by atoms with Crippen LogP contribution < -0.4 is 20.4 Å². The summed E-state index contributed by atoms with van der Waals surface area (Å²) in [5.74, 6) is -0.214. The van der Waals surface area contributed by atoms with Crippen LogP contribution in [0.15, 0.2) is 69.2 Å². The number of fused-ring (bicyclic) bond motifs is 3. The summed E-state index contributed by atoms with van der Waals surface area (Å²) >= 11 is 0. The van der Waals surface area contributed by atoms with E-state index in [9.17, 15) is 14.9 Å². The van der Waals surface area contributed by atoms with Gasteiger partial charge >= 0.3 is 5.63 Å². The summed E-state index contributed by atoms with van der Waals surface area (Å²) in [4.78, 5) is 28.0. The average Bonchev–Trinajstić information content (AvgIpc) is 2.88. The van der Waals surface area contributed by atoms with Crippen LogP contribution >= 0.6 is 0 Å². The van der Waals surface area contributed by atoms with E-state index in [0.29, 0.717) is 48.6 Å².